The standard InChI is InChI=1S/C98H72BN3O2/c1-97(2,3)69-45-49-84-78(57-69)79-58-70(98(4,5)6)46-50-85(79)100(84)71-59-88-94-89(60-71)102(96-74(63-29-15-9-16-30-63)37-24-38-75(96)64-31-17-10-18-32-64)87-56-68(66-44-52-93-81(54-66)77-34-20-22-40-91(77)104-93)42-48-83(87)99(94)82-47-41-67(65-43-51-92-80(53-65)76-33-19-21-39-90(76)103-92)55-86(82)101(88)95-72(61-25-11-7-12-26-61)35-23-36-73(95)62-27-13-8-14-28-62/h7-60H,1-6H3. The summed E-state index contributed by atoms with van der Waals surface area (Å²) in [6.45, 7) is 13.7. The van der Waals surface area contributed by atoms with Gasteiger partial charge in [0, 0.05) is 77.3 Å². The molecule has 0 unspecified atom stereocenters. The molecule has 0 bridgehead atoms. The lowest BCUT2D eigenvalue weighted by molar-refractivity contribution is 0.590. The van der Waals surface area contributed by atoms with E-state index in [2.05, 4.69) is 383 Å². The molecule has 0 fully saturated rings. The second-order valence-corrected chi connectivity index (χ2v) is 30.3. The van der Waals surface area contributed by atoms with Gasteiger partial charge < -0.3 is 23.2 Å². The molecule has 0 aliphatic carbocycles. The summed E-state index contributed by atoms with van der Waals surface area (Å²) in [7, 11) is 0. The summed E-state index contributed by atoms with van der Waals surface area (Å²) < 4.78 is 15.6. The zero-order chi connectivity index (χ0) is 69.7. The van der Waals surface area contributed by atoms with Gasteiger partial charge in [-0.25, -0.2) is 0 Å². The molecule has 6 heteroatoms. The Morgan fingerprint density at radius 3 is 0.990 bits per heavy atom. The van der Waals surface area contributed by atoms with Crippen molar-refractivity contribution < 1.29 is 8.83 Å². The van der Waals surface area contributed by atoms with E-state index in [1.807, 2.05) is 0 Å². The fourth-order valence-electron chi connectivity index (χ4n) is 17.0. The van der Waals surface area contributed by atoms with E-state index in [0.29, 0.717) is 0 Å². The Balaban J connectivity index is 0.970. The maximum Gasteiger partial charge on any atom is 0.252 e. The van der Waals surface area contributed by atoms with Crippen molar-refractivity contribution in [3.05, 3.63) is 339 Å². The van der Waals surface area contributed by atoms with E-state index >= 15 is 0 Å². The highest BCUT2D eigenvalue weighted by molar-refractivity contribution is 7.00. The predicted octanol–water partition coefficient (Wildman–Crippen LogP) is 25.3. The minimum Gasteiger partial charge on any atom is -0.456 e. The Hall–Kier alpha value is -12.6. The molecule has 0 atom stereocenters. The predicted molar refractivity (Wildman–Crippen MR) is 439 cm³/mol. The molecule has 0 saturated carbocycles. The molecule has 5 nitrogen and oxygen atoms in total. The lowest BCUT2D eigenvalue weighted by Crippen LogP contribution is -2.61. The van der Waals surface area contributed by atoms with Crippen LogP contribution in [0.2, 0.25) is 0 Å². The zero-order valence-electron chi connectivity index (χ0n) is 58.9. The maximum atomic E-state index is 6.53. The molecule has 15 aromatic carbocycles. The molecule has 3 aromatic heterocycles. The van der Waals surface area contributed by atoms with Gasteiger partial charge >= 0.3 is 0 Å². The van der Waals surface area contributed by atoms with Gasteiger partial charge in [-0.1, -0.05) is 284 Å². The molecule has 20 rings (SSSR count). The first-order valence-corrected chi connectivity index (χ1v) is 36.3. The number of hydrogen-bond acceptors (Lipinski definition) is 4. The van der Waals surface area contributed by atoms with Gasteiger partial charge in [-0.3, -0.25) is 0 Å². The number of nitrogens with zero attached hydrogens (tertiary/aromatic N) is 3. The van der Waals surface area contributed by atoms with Crippen molar-refractivity contribution in [2.24, 2.45) is 0 Å². The van der Waals surface area contributed by atoms with Gasteiger partial charge in [0.1, 0.15) is 22.3 Å². The highest BCUT2D eigenvalue weighted by Gasteiger charge is 2.46. The van der Waals surface area contributed by atoms with E-state index in [1.54, 1.807) is 0 Å². The van der Waals surface area contributed by atoms with Crippen molar-refractivity contribution >= 4 is 123 Å². The van der Waals surface area contributed by atoms with Crippen LogP contribution in [0.4, 0.5) is 34.1 Å². The number of benzene rings is 15. The monoisotopic (exact) mass is 1330 g/mol. The summed E-state index contributed by atoms with van der Waals surface area (Å²) in [6, 6.07) is 122. The summed E-state index contributed by atoms with van der Waals surface area (Å²) >= 11 is 0. The van der Waals surface area contributed by atoms with Crippen LogP contribution in [0.25, 0.3) is 138 Å². The van der Waals surface area contributed by atoms with Gasteiger partial charge in [-0.05, 0) is 168 Å². The van der Waals surface area contributed by atoms with Gasteiger partial charge in [-0.15, -0.1) is 0 Å². The van der Waals surface area contributed by atoms with Gasteiger partial charge in [0.2, 0.25) is 0 Å². The number of hydrogen-bond donors (Lipinski definition) is 0. The van der Waals surface area contributed by atoms with Crippen LogP contribution in [0, 0.1) is 0 Å². The molecule has 0 radical (unpaired) electrons. The Morgan fingerprint density at radius 2 is 0.606 bits per heavy atom. The van der Waals surface area contributed by atoms with Gasteiger partial charge in [0.05, 0.1) is 28.1 Å². The second kappa shape index (κ2) is 23.5. The number of aromatic nitrogens is 1. The maximum absolute atomic E-state index is 6.53. The summed E-state index contributed by atoms with van der Waals surface area (Å²) in [5.74, 6) is 0. The number of para-hydroxylation sites is 4. The third-order valence-corrected chi connectivity index (χ3v) is 22.1. The molecule has 0 spiro atoms. The van der Waals surface area contributed by atoms with Crippen LogP contribution >= 0.6 is 0 Å². The van der Waals surface area contributed by atoms with Crippen LogP contribution in [0.1, 0.15) is 52.7 Å². The van der Waals surface area contributed by atoms with Crippen LogP contribution in [0.5, 0.6) is 0 Å². The van der Waals surface area contributed by atoms with E-state index in [9.17, 15) is 0 Å². The third kappa shape index (κ3) is 9.76. The van der Waals surface area contributed by atoms with Crippen LogP contribution in [-0.4, -0.2) is 11.3 Å². The average Bonchev–Trinajstić information content (AvgIpc) is 0.702. The van der Waals surface area contributed by atoms with Crippen LogP contribution in [-0.2, 0) is 10.8 Å². The molecular weight excluding hydrogens is 1260 g/mol. The molecule has 104 heavy (non-hydrogen) atoms. The quantitative estimate of drug-likeness (QED) is 0.135. The Labute approximate surface area is 605 Å². The second-order valence-electron chi connectivity index (χ2n) is 30.3. The first kappa shape index (κ1) is 61.3. The van der Waals surface area contributed by atoms with Crippen molar-refractivity contribution in [2.45, 2.75) is 52.4 Å². The summed E-state index contributed by atoms with van der Waals surface area (Å²) in [5, 5.41) is 6.83. The molecule has 0 N–H and O–H groups in total. The highest BCUT2D eigenvalue weighted by Crippen LogP contribution is 2.55. The Morgan fingerprint density at radius 1 is 0.260 bits per heavy atom. The molecule has 494 valence electrons. The SMILES string of the molecule is CC(C)(C)c1ccc2c(c1)c1cc(C(C)(C)C)ccc1n2-c1cc2c3c(c1)N(c1c(-c4ccccc4)cccc1-c1ccccc1)c1cc(-c4ccc5oc6ccccc6c5c4)ccc1B3c1ccc(-c3ccc4oc5ccccc5c4c3)cc1N2c1c(-c2ccccc2)cccc1-c1ccccc1. The zero-order valence-corrected chi connectivity index (χ0v) is 58.9. The van der Waals surface area contributed by atoms with Gasteiger partial charge in [-0.2, -0.15) is 0 Å². The van der Waals surface area contributed by atoms with E-state index in [0.717, 1.165) is 161 Å². The van der Waals surface area contributed by atoms with Crippen LogP contribution < -0.4 is 26.2 Å². The molecule has 0 saturated heterocycles. The van der Waals surface area contributed by atoms with Crippen molar-refractivity contribution in [2.75, 3.05) is 9.80 Å². The first-order chi connectivity index (χ1) is 50.8. The van der Waals surface area contributed by atoms with Crippen LogP contribution in [0.3, 0.4) is 0 Å². The minimum atomic E-state index is -0.273. The minimum absolute atomic E-state index is 0.101. The Kier molecular flexibility index (Phi) is 13.8. The largest absolute Gasteiger partial charge is 0.456 e. The lowest BCUT2D eigenvalue weighted by Gasteiger charge is -2.46. The van der Waals surface area contributed by atoms with Gasteiger partial charge in [0.15, 0.2) is 0 Å². The van der Waals surface area contributed by atoms with Gasteiger partial charge in [0.25, 0.3) is 6.71 Å². The molecule has 2 aliphatic heterocycles. The van der Waals surface area contributed by atoms with E-state index < -0.39 is 0 Å². The molecule has 5 heterocycles. The molecule has 18 aromatic rings. The van der Waals surface area contributed by atoms with E-state index in [4.69, 9.17) is 8.83 Å². The first-order valence-electron chi connectivity index (χ1n) is 36.3. The summed E-state index contributed by atoms with van der Waals surface area (Å²) in [4.78, 5) is 5.36. The number of fused-ring (bicyclic) bond motifs is 13. The highest BCUT2D eigenvalue weighted by atomic mass is 16.3. The lowest BCUT2D eigenvalue weighted by atomic mass is 9.33. The van der Waals surface area contributed by atoms with Crippen molar-refractivity contribution in [3.8, 4) is 72.4 Å². The molecule has 0 amide bonds. The number of anilines is 6. The number of furan rings is 2. The fourth-order valence-corrected chi connectivity index (χ4v) is 17.0. The summed E-state index contributed by atoms with van der Waals surface area (Å²) in [6.07, 6.45) is 0. The van der Waals surface area contributed by atoms with E-state index in [1.165, 1.54) is 38.3 Å². The van der Waals surface area contributed by atoms with Crippen LogP contribution in [0.15, 0.2) is 336 Å². The van der Waals surface area contributed by atoms with Crippen molar-refractivity contribution in [3.63, 3.8) is 0 Å². The third-order valence-electron chi connectivity index (χ3n) is 22.1. The van der Waals surface area contributed by atoms with E-state index in [-0.39, 0.29) is 17.5 Å². The average molecular weight is 1330 g/mol. The van der Waals surface area contributed by atoms with Crippen molar-refractivity contribution in [1.29, 1.82) is 0 Å². The normalized spacial score (nSPS) is 12.8. The topological polar surface area (TPSA) is 37.7 Å². The fraction of sp³-hybridized carbons (Fsp3) is 0.0816. The smallest absolute Gasteiger partial charge is 0.252 e. The Bertz CT molecular complexity index is 6000. The molecule has 2 aliphatic rings. The number of rotatable bonds is 9. The molecular formula is C98H72BN3O2. The summed E-state index contributed by atoms with van der Waals surface area (Å²) in [5.41, 5.74) is 32.8. The van der Waals surface area contributed by atoms with Crippen molar-refractivity contribution in [1.82, 2.24) is 4.57 Å².